The summed E-state index contributed by atoms with van der Waals surface area (Å²) in [6.45, 7) is 8.39. The minimum atomic E-state index is -0.209. The van der Waals surface area contributed by atoms with Crippen molar-refractivity contribution >= 4 is 18.2 Å². The van der Waals surface area contributed by atoms with Gasteiger partial charge in [0.15, 0.2) is 0 Å². The molecule has 0 saturated heterocycles. The maximum atomic E-state index is 12.1. The van der Waals surface area contributed by atoms with Crippen molar-refractivity contribution < 1.29 is 4.79 Å². The van der Waals surface area contributed by atoms with Crippen molar-refractivity contribution in [1.29, 1.82) is 0 Å². The molecule has 0 aliphatic rings. The van der Waals surface area contributed by atoms with Gasteiger partial charge in [0, 0.05) is 5.56 Å². The minimum Gasteiger partial charge on any atom is -0.267 e. The van der Waals surface area contributed by atoms with Crippen molar-refractivity contribution in [3.63, 3.8) is 0 Å². The van der Waals surface area contributed by atoms with E-state index in [1.807, 2.05) is 67.6 Å². The smallest absolute Gasteiger partial charge is 0.267 e. The normalized spacial score (nSPS) is 12.4. The number of allylic oxidation sites excluding steroid dienone is 1. The Morgan fingerprint density at radius 1 is 1.00 bits per heavy atom. The molecule has 0 saturated carbocycles. The summed E-state index contributed by atoms with van der Waals surface area (Å²) < 4.78 is 0. The number of nitrogens with zero attached hydrogens (tertiary/aromatic N) is 1. The molecule has 0 bridgehead atoms. The largest absolute Gasteiger partial charge is 0.271 e. The van der Waals surface area contributed by atoms with Gasteiger partial charge in [-0.3, -0.25) is 4.79 Å². The highest BCUT2D eigenvalue weighted by Gasteiger charge is 2.14. The molecule has 0 aliphatic heterocycles. The van der Waals surface area contributed by atoms with E-state index in [0.29, 0.717) is 5.56 Å². The van der Waals surface area contributed by atoms with Gasteiger partial charge in [-0.15, -0.1) is 0 Å². The molecule has 0 aromatic heterocycles. The molecule has 2 aromatic carbocycles. The molecule has 2 rings (SSSR count). The number of hydrogen-bond donors (Lipinski definition) is 1. The molecule has 24 heavy (non-hydrogen) atoms. The number of carbonyl (C=O) groups excluding carboxylic acids is 1. The van der Waals surface area contributed by atoms with Gasteiger partial charge in [-0.1, -0.05) is 69.3 Å². The molecule has 3 heteroatoms. The van der Waals surface area contributed by atoms with Gasteiger partial charge in [-0.05, 0) is 41.2 Å². The highest BCUT2D eigenvalue weighted by atomic mass is 16.2. The zero-order valence-electron chi connectivity index (χ0n) is 14.7. The van der Waals surface area contributed by atoms with Gasteiger partial charge >= 0.3 is 0 Å². The number of hydrazone groups is 1. The number of benzene rings is 2. The Labute approximate surface area is 144 Å². The lowest BCUT2D eigenvalue weighted by atomic mass is 9.87. The first kappa shape index (κ1) is 17.7. The molecule has 0 heterocycles. The second kappa shape index (κ2) is 7.73. The van der Waals surface area contributed by atoms with Crippen molar-refractivity contribution in [2.45, 2.75) is 33.1 Å². The predicted molar refractivity (Wildman–Crippen MR) is 101 cm³/mol. The van der Waals surface area contributed by atoms with E-state index in [4.69, 9.17) is 0 Å². The monoisotopic (exact) mass is 320 g/mol. The lowest BCUT2D eigenvalue weighted by Crippen LogP contribution is -2.18. The van der Waals surface area contributed by atoms with Crippen LogP contribution in [0.15, 0.2) is 65.3 Å². The molecule has 1 N–H and O–H groups in total. The first-order valence-electron chi connectivity index (χ1n) is 8.03. The Balaban J connectivity index is 1.96. The standard InChI is InChI=1S/C21H24N2O/c1-16(14-17-8-6-5-7-9-17)15-22-23-20(24)18-10-12-19(13-11-18)21(2,3)4/h5-15H,1-4H3,(H,23,24). The van der Waals surface area contributed by atoms with Crippen molar-refractivity contribution in [3.05, 3.63) is 76.9 Å². The topological polar surface area (TPSA) is 41.5 Å². The number of rotatable bonds is 4. The molecular weight excluding hydrogens is 296 g/mol. The number of hydrogen-bond acceptors (Lipinski definition) is 2. The maximum Gasteiger partial charge on any atom is 0.271 e. The fourth-order valence-electron chi connectivity index (χ4n) is 2.23. The van der Waals surface area contributed by atoms with E-state index in [-0.39, 0.29) is 11.3 Å². The first-order valence-corrected chi connectivity index (χ1v) is 8.03. The quantitative estimate of drug-likeness (QED) is 0.638. The molecular formula is C21H24N2O. The summed E-state index contributed by atoms with van der Waals surface area (Å²) in [7, 11) is 0. The third-order valence-corrected chi connectivity index (χ3v) is 3.64. The predicted octanol–water partition coefficient (Wildman–Crippen LogP) is 4.80. The molecule has 0 fully saturated rings. The minimum absolute atomic E-state index is 0.0759. The molecule has 0 atom stereocenters. The third kappa shape index (κ3) is 5.20. The van der Waals surface area contributed by atoms with Crippen molar-refractivity contribution in [1.82, 2.24) is 5.43 Å². The van der Waals surface area contributed by atoms with Crippen LogP contribution in [0.1, 0.15) is 49.2 Å². The van der Waals surface area contributed by atoms with Crippen LogP contribution in [0.3, 0.4) is 0 Å². The molecule has 0 spiro atoms. The van der Waals surface area contributed by atoms with Crippen LogP contribution in [0, 0.1) is 0 Å². The van der Waals surface area contributed by atoms with Crippen LogP contribution < -0.4 is 5.43 Å². The number of carbonyl (C=O) groups is 1. The summed E-state index contributed by atoms with van der Waals surface area (Å²) in [4.78, 5) is 12.1. The van der Waals surface area contributed by atoms with E-state index in [2.05, 4.69) is 31.3 Å². The summed E-state index contributed by atoms with van der Waals surface area (Å²) >= 11 is 0. The number of amides is 1. The van der Waals surface area contributed by atoms with Gasteiger partial charge in [-0.25, -0.2) is 5.43 Å². The van der Waals surface area contributed by atoms with Crippen LogP contribution in [0.25, 0.3) is 6.08 Å². The van der Waals surface area contributed by atoms with Crippen LogP contribution in [0.4, 0.5) is 0 Å². The summed E-state index contributed by atoms with van der Waals surface area (Å²) in [6.07, 6.45) is 3.65. The lowest BCUT2D eigenvalue weighted by Gasteiger charge is -2.18. The van der Waals surface area contributed by atoms with Crippen LogP contribution in [-0.2, 0) is 5.41 Å². The zero-order chi connectivity index (χ0) is 17.6. The van der Waals surface area contributed by atoms with E-state index in [1.165, 1.54) is 5.56 Å². The van der Waals surface area contributed by atoms with E-state index in [0.717, 1.165) is 11.1 Å². The Morgan fingerprint density at radius 2 is 1.62 bits per heavy atom. The molecule has 124 valence electrons. The summed E-state index contributed by atoms with van der Waals surface area (Å²) in [6, 6.07) is 17.6. The molecule has 0 unspecified atom stereocenters. The molecule has 3 nitrogen and oxygen atoms in total. The summed E-state index contributed by atoms with van der Waals surface area (Å²) in [5.41, 5.74) is 6.50. The van der Waals surface area contributed by atoms with Crippen LogP contribution >= 0.6 is 0 Å². The third-order valence-electron chi connectivity index (χ3n) is 3.64. The Hall–Kier alpha value is -2.68. The average Bonchev–Trinajstić information content (AvgIpc) is 2.55. The van der Waals surface area contributed by atoms with Gasteiger partial charge < -0.3 is 0 Å². The molecule has 0 aliphatic carbocycles. The second-order valence-electron chi connectivity index (χ2n) is 6.83. The fourth-order valence-corrected chi connectivity index (χ4v) is 2.23. The van der Waals surface area contributed by atoms with Crippen molar-refractivity contribution in [3.8, 4) is 0 Å². The number of nitrogens with one attached hydrogen (secondary N) is 1. The first-order chi connectivity index (χ1) is 11.4. The van der Waals surface area contributed by atoms with Gasteiger partial charge in [0.2, 0.25) is 0 Å². The summed E-state index contributed by atoms with van der Waals surface area (Å²) in [5.74, 6) is -0.209. The van der Waals surface area contributed by atoms with Gasteiger partial charge in [0.05, 0.1) is 6.21 Å². The van der Waals surface area contributed by atoms with Gasteiger partial charge in [0.1, 0.15) is 0 Å². The highest BCUT2D eigenvalue weighted by molar-refractivity contribution is 5.95. The van der Waals surface area contributed by atoms with Crippen LogP contribution in [-0.4, -0.2) is 12.1 Å². The fraction of sp³-hybridized carbons (Fsp3) is 0.238. The van der Waals surface area contributed by atoms with E-state index < -0.39 is 0 Å². The van der Waals surface area contributed by atoms with Gasteiger partial charge in [-0.2, -0.15) is 5.10 Å². The SMILES string of the molecule is CC(C=NNC(=O)c1ccc(C(C)(C)C)cc1)=Cc1ccccc1. The van der Waals surface area contributed by atoms with E-state index >= 15 is 0 Å². The van der Waals surface area contributed by atoms with Crippen LogP contribution in [0.5, 0.6) is 0 Å². The average molecular weight is 320 g/mol. The second-order valence-corrected chi connectivity index (χ2v) is 6.83. The lowest BCUT2D eigenvalue weighted by molar-refractivity contribution is 0.0955. The van der Waals surface area contributed by atoms with Gasteiger partial charge in [0.25, 0.3) is 5.91 Å². The van der Waals surface area contributed by atoms with Crippen molar-refractivity contribution in [2.24, 2.45) is 5.10 Å². The van der Waals surface area contributed by atoms with E-state index in [1.54, 1.807) is 6.21 Å². The molecule has 1 amide bonds. The Kier molecular flexibility index (Phi) is 5.69. The zero-order valence-corrected chi connectivity index (χ0v) is 14.7. The highest BCUT2D eigenvalue weighted by Crippen LogP contribution is 2.22. The Morgan fingerprint density at radius 3 is 2.21 bits per heavy atom. The summed E-state index contributed by atoms with van der Waals surface area (Å²) in [5, 5.41) is 4.02. The molecule has 0 radical (unpaired) electrons. The van der Waals surface area contributed by atoms with E-state index in [9.17, 15) is 4.79 Å². The molecule has 2 aromatic rings. The van der Waals surface area contributed by atoms with Crippen LogP contribution in [0.2, 0.25) is 0 Å². The Bertz CT molecular complexity index is 736. The van der Waals surface area contributed by atoms with Crippen molar-refractivity contribution in [2.75, 3.05) is 0 Å². The maximum absolute atomic E-state index is 12.1.